The average molecular weight is 564 g/mol. The summed E-state index contributed by atoms with van der Waals surface area (Å²) in [6.07, 6.45) is 6.88. The molecule has 3 fully saturated rings. The van der Waals surface area contributed by atoms with Crippen molar-refractivity contribution in [3.8, 4) is 0 Å². The third kappa shape index (κ3) is 5.10. The number of Topliss-reactive ketones (excluding diaryl/α,β-unsaturated/α-hetero) is 1. The molecule has 0 heterocycles. The molecule has 8 atom stereocenters. The Kier molecular flexibility index (Phi) is 7.85. The lowest BCUT2D eigenvalue weighted by Crippen LogP contribution is -2.61. The molecular weight excluding hydrogens is 522 g/mol. The smallest absolute Gasteiger partial charge is 0.306 e. The fourth-order valence-corrected chi connectivity index (χ4v) is 8.48. The van der Waals surface area contributed by atoms with E-state index in [1.54, 1.807) is 12.2 Å². The number of allylic oxidation sites excluding steroid dienone is 4. The van der Waals surface area contributed by atoms with E-state index in [9.17, 15) is 29.4 Å². The van der Waals surface area contributed by atoms with E-state index >= 15 is 0 Å². The number of carbonyl (C=O) groups is 4. The first-order valence-electron chi connectivity index (χ1n) is 14.8. The van der Waals surface area contributed by atoms with Crippen molar-refractivity contribution in [1.82, 2.24) is 5.32 Å². The molecule has 0 radical (unpaired) electrons. The zero-order valence-electron chi connectivity index (χ0n) is 24.1. The highest BCUT2D eigenvalue weighted by atomic mass is 16.5. The van der Waals surface area contributed by atoms with E-state index in [4.69, 9.17) is 4.74 Å². The number of nitrogens with one attached hydrogen (secondary N) is 1. The van der Waals surface area contributed by atoms with Crippen LogP contribution in [0.25, 0.3) is 0 Å². The molecule has 5 rings (SSSR count). The van der Waals surface area contributed by atoms with Gasteiger partial charge in [0.05, 0.1) is 18.6 Å². The predicted molar refractivity (Wildman–Crippen MR) is 151 cm³/mol. The monoisotopic (exact) mass is 563 g/mol. The quantitative estimate of drug-likeness (QED) is 0.411. The van der Waals surface area contributed by atoms with E-state index in [1.165, 1.54) is 0 Å². The summed E-state index contributed by atoms with van der Waals surface area (Å²) in [5.74, 6) is -1.55. The predicted octanol–water partition coefficient (Wildman–Crippen LogP) is 3.77. The van der Waals surface area contributed by atoms with Crippen molar-refractivity contribution in [1.29, 1.82) is 0 Å². The van der Waals surface area contributed by atoms with Crippen LogP contribution < -0.4 is 5.32 Å². The van der Waals surface area contributed by atoms with Gasteiger partial charge in [-0.05, 0) is 68.6 Å². The van der Waals surface area contributed by atoms with E-state index in [2.05, 4.69) is 12.2 Å². The van der Waals surface area contributed by atoms with Crippen LogP contribution >= 0.6 is 0 Å². The highest BCUT2D eigenvalue weighted by Gasteiger charge is 2.68. The van der Waals surface area contributed by atoms with Gasteiger partial charge in [0.2, 0.25) is 11.7 Å². The van der Waals surface area contributed by atoms with E-state index in [-0.39, 0.29) is 61.2 Å². The molecule has 3 N–H and O–H groups in total. The Morgan fingerprint density at radius 3 is 2.59 bits per heavy atom. The van der Waals surface area contributed by atoms with Crippen LogP contribution in [0.5, 0.6) is 0 Å². The number of hydrogen-bond acceptors (Lipinski definition) is 7. The minimum absolute atomic E-state index is 0.0141. The molecule has 4 aliphatic carbocycles. The molecule has 0 saturated heterocycles. The SMILES string of the molecule is CC(NC(=O)CCC(=O)OCC(=O)[C@@]1(O)CCC2C3CCC4=CC(=O)C=C[C@]4(C)C3C(O)C[C@@]21C)c1ccccc1. The van der Waals surface area contributed by atoms with E-state index in [1.807, 2.05) is 50.3 Å². The Hall–Kier alpha value is -3.10. The second-order valence-electron chi connectivity index (χ2n) is 12.9. The van der Waals surface area contributed by atoms with Crippen LogP contribution in [0, 0.1) is 28.6 Å². The van der Waals surface area contributed by atoms with Gasteiger partial charge in [0.1, 0.15) is 5.60 Å². The number of hydrogen-bond donors (Lipinski definition) is 3. The van der Waals surface area contributed by atoms with Crippen LogP contribution in [0.15, 0.2) is 54.1 Å². The molecule has 0 bridgehead atoms. The first kappa shape index (κ1) is 29.4. The summed E-state index contributed by atoms with van der Waals surface area (Å²) in [7, 11) is 0. The summed E-state index contributed by atoms with van der Waals surface area (Å²) >= 11 is 0. The number of carbonyl (C=O) groups excluding carboxylic acids is 4. The van der Waals surface area contributed by atoms with Crippen LogP contribution in [0.1, 0.15) is 77.3 Å². The largest absolute Gasteiger partial charge is 0.458 e. The summed E-state index contributed by atoms with van der Waals surface area (Å²) in [6.45, 7) is 5.26. The van der Waals surface area contributed by atoms with Crippen LogP contribution in [0.3, 0.4) is 0 Å². The van der Waals surface area contributed by atoms with Crippen molar-refractivity contribution in [3.05, 3.63) is 59.7 Å². The third-order valence-electron chi connectivity index (χ3n) is 10.7. The number of esters is 1. The maximum absolute atomic E-state index is 13.4. The highest BCUT2D eigenvalue weighted by molar-refractivity contribution is 6.01. The summed E-state index contributed by atoms with van der Waals surface area (Å²) in [5, 5.41) is 26.1. The molecule has 1 aromatic carbocycles. The van der Waals surface area contributed by atoms with Gasteiger partial charge in [-0.1, -0.05) is 55.8 Å². The first-order valence-corrected chi connectivity index (χ1v) is 14.8. The standard InChI is InChI=1S/C33H41NO7/c1-20(21-7-5-4-6-8-21)34-28(38)11-12-29(39)41-19-27(37)33(40)16-14-25-24-10-9-22-17-23(35)13-15-31(22,2)30(24)26(36)18-32(25,33)3/h4-8,13,15,17,20,24-26,30,36,40H,9-12,14,16,18-19H2,1-3H3,(H,34,38)/t20?,24?,25?,26?,30?,31-,32-,33-/m0/s1. The van der Waals surface area contributed by atoms with Crippen molar-refractivity contribution >= 4 is 23.4 Å². The molecule has 0 aliphatic heterocycles. The molecule has 8 heteroatoms. The van der Waals surface area contributed by atoms with Gasteiger partial charge in [0.15, 0.2) is 12.4 Å². The molecule has 5 unspecified atom stereocenters. The molecule has 3 saturated carbocycles. The minimum atomic E-state index is -1.72. The number of amides is 1. The number of rotatable bonds is 8. The molecule has 8 nitrogen and oxygen atoms in total. The lowest BCUT2D eigenvalue weighted by Gasteiger charge is -2.59. The molecule has 0 spiro atoms. The number of aliphatic hydroxyl groups is 2. The van der Waals surface area contributed by atoms with Gasteiger partial charge in [0.25, 0.3) is 0 Å². The minimum Gasteiger partial charge on any atom is -0.458 e. The molecule has 1 amide bonds. The van der Waals surface area contributed by atoms with Crippen molar-refractivity contribution < 1.29 is 34.1 Å². The van der Waals surface area contributed by atoms with Gasteiger partial charge >= 0.3 is 5.97 Å². The topological polar surface area (TPSA) is 130 Å². The number of ketones is 2. The van der Waals surface area contributed by atoms with Crippen LogP contribution in [-0.4, -0.2) is 52.0 Å². The van der Waals surface area contributed by atoms with Crippen LogP contribution in [-0.2, 0) is 23.9 Å². The molecule has 0 aromatic heterocycles. The van der Waals surface area contributed by atoms with Crippen molar-refractivity contribution in [2.75, 3.05) is 6.61 Å². The Balaban J connectivity index is 1.18. The fraction of sp³-hybridized carbons (Fsp3) is 0.576. The number of fused-ring (bicyclic) bond motifs is 5. The van der Waals surface area contributed by atoms with Crippen LogP contribution in [0.4, 0.5) is 0 Å². The molecule has 41 heavy (non-hydrogen) atoms. The van der Waals surface area contributed by atoms with E-state index in [0.29, 0.717) is 6.42 Å². The number of benzene rings is 1. The zero-order chi connectivity index (χ0) is 29.6. The molecule has 4 aliphatic rings. The molecule has 1 aromatic rings. The van der Waals surface area contributed by atoms with Gasteiger partial charge in [-0.2, -0.15) is 0 Å². The second kappa shape index (κ2) is 11.0. The van der Waals surface area contributed by atoms with Gasteiger partial charge in [-0.3, -0.25) is 19.2 Å². The summed E-state index contributed by atoms with van der Waals surface area (Å²) in [6, 6.07) is 9.29. The van der Waals surface area contributed by atoms with E-state index < -0.39 is 40.9 Å². The lowest BCUT2D eigenvalue weighted by atomic mass is 9.46. The average Bonchev–Trinajstić information content (AvgIpc) is 3.21. The van der Waals surface area contributed by atoms with E-state index in [0.717, 1.165) is 24.0 Å². The highest BCUT2D eigenvalue weighted by Crippen LogP contribution is 2.67. The summed E-state index contributed by atoms with van der Waals surface area (Å²) < 4.78 is 5.24. The van der Waals surface area contributed by atoms with Gasteiger partial charge in [0, 0.05) is 23.2 Å². The van der Waals surface area contributed by atoms with Crippen molar-refractivity contribution in [3.63, 3.8) is 0 Å². The zero-order valence-corrected chi connectivity index (χ0v) is 24.1. The Morgan fingerprint density at radius 1 is 1.12 bits per heavy atom. The maximum atomic E-state index is 13.4. The van der Waals surface area contributed by atoms with Gasteiger partial charge in [-0.15, -0.1) is 0 Å². The Bertz CT molecular complexity index is 1290. The lowest BCUT2D eigenvalue weighted by molar-refractivity contribution is -0.181. The number of ether oxygens (including phenoxy) is 1. The van der Waals surface area contributed by atoms with Crippen LogP contribution in [0.2, 0.25) is 0 Å². The molecule has 220 valence electrons. The third-order valence-corrected chi connectivity index (χ3v) is 10.7. The van der Waals surface area contributed by atoms with Crippen molar-refractivity contribution in [2.24, 2.45) is 28.6 Å². The van der Waals surface area contributed by atoms with Gasteiger partial charge < -0.3 is 20.3 Å². The Labute approximate surface area is 241 Å². The summed E-state index contributed by atoms with van der Waals surface area (Å²) in [5.41, 5.74) is -1.01. The normalized spacial score (nSPS) is 36.3. The summed E-state index contributed by atoms with van der Waals surface area (Å²) in [4.78, 5) is 50.2. The first-order chi connectivity index (χ1) is 19.4. The number of aliphatic hydroxyl groups excluding tert-OH is 1. The Morgan fingerprint density at radius 2 is 1.85 bits per heavy atom. The van der Waals surface area contributed by atoms with Crippen molar-refractivity contribution in [2.45, 2.75) is 83.5 Å². The van der Waals surface area contributed by atoms with Gasteiger partial charge in [-0.25, -0.2) is 0 Å². The second-order valence-corrected chi connectivity index (χ2v) is 12.9. The molecular formula is C33H41NO7. The maximum Gasteiger partial charge on any atom is 0.306 e. The fourth-order valence-electron chi connectivity index (χ4n) is 8.48.